The molecule has 0 spiro atoms. The van der Waals surface area contributed by atoms with Crippen LogP contribution in [0.15, 0.2) is 18.5 Å². The number of fused-ring (bicyclic) bond motifs is 1. The number of amides is 2. The molecule has 3 aromatic rings. The summed E-state index contributed by atoms with van der Waals surface area (Å²) in [6, 6.07) is 0.672. The number of halogens is 3. The molecule has 1 unspecified atom stereocenters. The molecule has 1 aliphatic rings. The molecule has 0 aliphatic carbocycles. The highest BCUT2D eigenvalue weighted by Gasteiger charge is 2.32. The van der Waals surface area contributed by atoms with Gasteiger partial charge < -0.3 is 20.7 Å². The zero-order chi connectivity index (χ0) is 21.5. The van der Waals surface area contributed by atoms with Gasteiger partial charge in [-0.15, -0.1) is 0 Å². The lowest BCUT2D eigenvalue weighted by Gasteiger charge is -2.15. The minimum absolute atomic E-state index is 0.00697. The van der Waals surface area contributed by atoms with Crippen LogP contribution in [0.5, 0.6) is 0 Å². The predicted molar refractivity (Wildman–Crippen MR) is 102 cm³/mol. The van der Waals surface area contributed by atoms with Crippen LogP contribution in [-0.2, 0) is 11.3 Å². The Bertz CT molecular complexity index is 1080. The second-order valence-electron chi connectivity index (χ2n) is 6.92. The largest absolute Gasteiger partial charge is 0.408 e. The van der Waals surface area contributed by atoms with E-state index in [2.05, 4.69) is 25.6 Å². The van der Waals surface area contributed by atoms with E-state index in [1.807, 2.05) is 4.90 Å². The van der Waals surface area contributed by atoms with Crippen LogP contribution in [-0.4, -0.2) is 63.5 Å². The van der Waals surface area contributed by atoms with Crippen molar-refractivity contribution in [3.63, 3.8) is 0 Å². The number of alkyl halides is 3. The molecule has 0 saturated carbocycles. The van der Waals surface area contributed by atoms with Gasteiger partial charge in [0.1, 0.15) is 12.2 Å². The number of rotatable bonds is 5. The normalized spacial score (nSPS) is 17.1. The molecule has 1 fully saturated rings. The number of aromatic amines is 1. The smallest absolute Gasteiger partial charge is 0.380 e. The molecular weight excluding hydrogens is 405 g/mol. The SMILES string of the molecule is COC1CCN(c2nn(CC(F)(F)F)c3cc(-c4[nH]ncc4NC(N)=O)ncc23)C1. The maximum atomic E-state index is 13.2. The zero-order valence-corrected chi connectivity index (χ0v) is 15.9. The van der Waals surface area contributed by atoms with E-state index in [1.54, 1.807) is 7.11 Å². The third-order valence-corrected chi connectivity index (χ3v) is 4.88. The molecule has 4 rings (SSSR count). The van der Waals surface area contributed by atoms with Crippen molar-refractivity contribution in [2.75, 3.05) is 30.4 Å². The fourth-order valence-electron chi connectivity index (χ4n) is 3.54. The van der Waals surface area contributed by atoms with Crippen molar-refractivity contribution < 1.29 is 22.7 Å². The Kier molecular flexibility index (Phi) is 4.97. The highest BCUT2D eigenvalue weighted by atomic mass is 19.4. The van der Waals surface area contributed by atoms with Gasteiger partial charge in [-0.05, 0) is 12.5 Å². The van der Waals surface area contributed by atoms with E-state index in [1.165, 1.54) is 18.5 Å². The number of nitrogens with two attached hydrogens (primary N) is 1. The van der Waals surface area contributed by atoms with Crippen LogP contribution in [0, 0.1) is 0 Å². The first-order valence-corrected chi connectivity index (χ1v) is 9.06. The topological polar surface area (TPSA) is 127 Å². The summed E-state index contributed by atoms with van der Waals surface area (Å²) in [5.74, 6) is 0.424. The van der Waals surface area contributed by atoms with Crippen molar-refractivity contribution in [2.45, 2.75) is 25.2 Å². The van der Waals surface area contributed by atoms with Crippen LogP contribution >= 0.6 is 0 Å². The molecule has 1 atom stereocenters. The Morgan fingerprint density at radius 1 is 1.43 bits per heavy atom. The third kappa shape index (κ3) is 3.87. The first-order valence-electron chi connectivity index (χ1n) is 9.06. The quantitative estimate of drug-likeness (QED) is 0.576. The summed E-state index contributed by atoms with van der Waals surface area (Å²) in [5.41, 5.74) is 6.27. The van der Waals surface area contributed by atoms with E-state index in [4.69, 9.17) is 10.5 Å². The number of urea groups is 1. The summed E-state index contributed by atoms with van der Waals surface area (Å²) in [6.07, 6.45) is -0.903. The van der Waals surface area contributed by atoms with Crippen molar-refractivity contribution in [1.82, 2.24) is 25.0 Å². The Balaban J connectivity index is 1.79. The van der Waals surface area contributed by atoms with Crippen molar-refractivity contribution in [3.8, 4) is 11.4 Å². The number of primary amides is 1. The van der Waals surface area contributed by atoms with Crippen molar-refractivity contribution >= 4 is 28.4 Å². The van der Waals surface area contributed by atoms with E-state index >= 15 is 0 Å². The lowest BCUT2D eigenvalue weighted by molar-refractivity contribution is -0.141. The zero-order valence-electron chi connectivity index (χ0n) is 15.9. The van der Waals surface area contributed by atoms with Gasteiger partial charge in [0, 0.05) is 26.4 Å². The molecule has 0 radical (unpaired) electrons. The summed E-state index contributed by atoms with van der Waals surface area (Å²) in [4.78, 5) is 17.4. The van der Waals surface area contributed by atoms with Gasteiger partial charge in [-0.25, -0.2) is 4.79 Å². The van der Waals surface area contributed by atoms with Gasteiger partial charge in [0.2, 0.25) is 0 Å². The lowest BCUT2D eigenvalue weighted by atomic mass is 10.2. The number of pyridine rings is 1. The Morgan fingerprint density at radius 3 is 2.90 bits per heavy atom. The average molecular weight is 424 g/mol. The van der Waals surface area contributed by atoms with E-state index in [0.29, 0.717) is 30.0 Å². The number of methoxy groups -OCH3 is 1. The predicted octanol–water partition coefficient (Wildman–Crippen LogP) is 2.10. The molecule has 4 N–H and O–H groups in total. The highest BCUT2D eigenvalue weighted by molar-refractivity contribution is 5.95. The van der Waals surface area contributed by atoms with E-state index in [-0.39, 0.29) is 23.0 Å². The number of hydrogen-bond acceptors (Lipinski definition) is 6. The Hall–Kier alpha value is -3.35. The summed E-state index contributed by atoms with van der Waals surface area (Å²) in [6.45, 7) is -0.0981. The van der Waals surface area contributed by atoms with Gasteiger partial charge in [0.25, 0.3) is 0 Å². The molecule has 160 valence electrons. The Morgan fingerprint density at radius 2 is 2.23 bits per heavy atom. The maximum absolute atomic E-state index is 13.2. The molecule has 30 heavy (non-hydrogen) atoms. The number of anilines is 2. The molecule has 1 saturated heterocycles. The van der Waals surface area contributed by atoms with Crippen LogP contribution in [0.4, 0.5) is 29.5 Å². The van der Waals surface area contributed by atoms with E-state index in [0.717, 1.165) is 11.1 Å². The summed E-state index contributed by atoms with van der Waals surface area (Å²) in [7, 11) is 1.60. The van der Waals surface area contributed by atoms with Crippen molar-refractivity contribution in [1.29, 1.82) is 0 Å². The maximum Gasteiger partial charge on any atom is 0.408 e. The molecule has 0 aromatic carbocycles. The number of nitrogens with one attached hydrogen (secondary N) is 2. The molecule has 0 bridgehead atoms. The molecule has 13 heteroatoms. The summed E-state index contributed by atoms with van der Waals surface area (Å²) < 4.78 is 45.8. The number of hydrogen-bond donors (Lipinski definition) is 3. The second-order valence-corrected chi connectivity index (χ2v) is 6.92. The minimum atomic E-state index is -4.45. The van der Waals surface area contributed by atoms with E-state index in [9.17, 15) is 18.0 Å². The van der Waals surface area contributed by atoms with Crippen LogP contribution in [0.3, 0.4) is 0 Å². The first kappa shape index (κ1) is 19.9. The summed E-state index contributed by atoms with van der Waals surface area (Å²) in [5, 5.41) is 13.6. The van der Waals surface area contributed by atoms with Gasteiger partial charge in [-0.3, -0.25) is 14.8 Å². The van der Waals surface area contributed by atoms with Gasteiger partial charge in [0.05, 0.1) is 34.6 Å². The van der Waals surface area contributed by atoms with Crippen LogP contribution < -0.4 is 16.0 Å². The van der Waals surface area contributed by atoms with Gasteiger partial charge in [-0.2, -0.15) is 23.4 Å². The standard InChI is InChI=1S/C17H19F3N8O2/c1-30-9-2-3-27(7-9)15-10-5-22-11(14-12(6-23-25-14)24-16(21)29)4-13(10)28(26-15)8-17(18,19)20/h4-6,9H,2-3,7-8H2,1H3,(H,23,25)(H3,21,24,29). The second kappa shape index (κ2) is 7.48. The van der Waals surface area contributed by atoms with Gasteiger partial charge in [-0.1, -0.05) is 0 Å². The number of carbonyl (C=O) groups is 1. The highest BCUT2D eigenvalue weighted by Crippen LogP contribution is 2.33. The average Bonchev–Trinajstić information content (AvgIpc) is 3.38. The van der Waals surface area contributed by atoms with Crippen molar-refractivity contribution in [2.24, 2.45) is 5.73 Å². The molecule has 10 nitrogen and oxygen atoms in total. The number of ether oxygens (including phenoxy) is 1. The number of H-pyrrole nitrogens is 1. The third-order valence-electron chi connectivity index (χ3n) is 4.88. The number of nitrogens with zero attached hydrogens (tertiary/aromatic N) is 5. The van der Waals surface area contributed by atoms with Gasteiger partial charge in [0.15, 0.2) is 5.82 Å². The Labute approximate surface area is 168 Å². The summed E-state index contributed by atoms with van der Waals surface area (Å²) >= 11 is 0. The molecule has 1 aliphatic heterocycles. The monoisotopic (exact) mass is 424 g/mol. The number of aromatic nitrogens is 5. The molecule has 4 heterocycles. The van der Waals surface area contributed by atoms with Crippen LogP contribution in [0.25, 0.3) is 22.3 Å². The molecule has 2 amide bonds. The van der Waals surface area contributed by atoms with E-state index < -0.39 is 18.8 Å². The minimum Gasteiger partial charge on any atom is -0.380 e. The van der Waals surface area contributed by atoms with Crippen molar-refractivity contribution in [3.05, 3.63) is 18.5 Å². The lowest BCUT2D eigenvalue weighted by Crippen LogP contribution is -2.23. The fourth-order valence-corrected chi connectivity index (χ4v) is 3.54. The van der Waals surface area contributed by atoms with Crippen LogP contribution in [0.2, 0.25) is 0 Å². The fraction of sp³-hybridized carbons (Fsp3) is 0.412. The molecule has 3 aromatic heterocycles. The first-order chi connectivity index (χ1) is 14.2. The molecular formula is C17H19F3N8O2. The van der Waals surface area contributed by atoms with Crippen LogP contribution in [0.1, 0.15) is 6.42 Å². The number of carbonyl (C=O) groups excluding carboxylic acids is 1. The van der Waals surface area contributed by atoms with Gasteiger partial charge >= 0.3 is 12.2 Å².